The van der Waals surface area contributed by atoms with Crippen molar-refractivity contribution < 1.29 is 18.9 Å². The second-order valence-corrected chi connectivity index (χ2v) is 13.4. The molecule has 0 radical (unpaired) electrons. The maximum Gasteiger partial charge on any atom is 0.203 e. The van der Waals surface area contributed by atoms with E-state index in [9.17, 15) is 5.21 Å². The zero-order chi connectivity index (χ0) is 33.3. The second kappa shape index (κ2) is 16.6. The van der Waals surface area contributed by atoms with Crippen molar-refractivity contribution in [3.63, 3.8) is 0 Å². The van der Waals surface area contributed by atoms with E-state index in [4.69, 9.17) is 18.9 Å². The molecule has 4 aromatic rings. The molecule has 1 saturated heterocycles. The van der Waals surface area contributed by atoms with E-state index in [-0.39, 0.29) is 6.04 Å². The lowest BCUT2D eigenvalue weighted by molar-refractivity contribution is 0.130. The number of hydroxylamine groups is 2. The molecule has 0 aromatic heterocycles. The average molecular weight is 669 g/mol. The maximum atomic E-state index is 14.0. The molecule has 9 heteroatoms. The Hall–Kier alpha value is -3.73. The molecule has 0 spiro atoms. The van der Waals surface area contributed by atoms with Gasteiger partial charge in [-0.15, -0.1) is 11.8 Å². The molecule has 0 N–H and O–H groups in total. The van der Waals surface area contributed by atoms with Gasteiger partial charge in [0, 0.05) is 43.2 Å². The summed E-state index contributed by atoms with van der Waals surface area (Å²) in [6, 6.07) is 30.1. The largest absolute Gasteiger partial charge is 0.783 e. The van der Waals surface area contributed by atoms with Gasteiger partial charge in [-0.2, -0.15) is 0 Å². The van der Waals surface area contributed by atoms with E-state index in [1.165, 1.54) is 10.6 Å². The number of rotatable bonds is 14. The number of para-hydroxylation sites is 1. The molecular formula is C39H46N3O5S-. The predicted octanol–water partition coefficient (Wildman–Crippen LogP) is 7.43. The molecule has 48 heavy (non-hydrogen) atoms. The molecule has 4 aromatic carbocycles. The first-order valence-electron chi connectivity index (χ1n) is 16.8. The summed E-state index contributed by atoms with van der Waals surface area (Å²) in [5, 5.41) is 14.9. The fourth-order valence-corrected chi connectivity index (χ4v) is 7.92. The molecular weight excluding hydrogens is 623 g/mol. The Balaban J connectivity index is 0.971. The van der Waals surface area contributed by atoms with Crippen molar-refractivity contribution in [3.8, 4) is 23.0 Å². The monoisotopic (exact) mass is 668 g/mol. The van der Waals surface area contributed by atoms with Crippen LogP contribution in [-0.2, 0) is 6.42 Å². The molecule has 2 aliphatic rings. The van der Waals surface area contributed by atoms with E-state index in [2.05, 4.69) is 21.9 Å². The molecule has 0 bridgehead atoms. The zero-order valence-electron chi connectivity index (χ0n) is 28.2. The van der Waals surface area contributed by atoms with Crippen LogP contribution in [0.3, 0.4) is 0 Å². The van der Waals surface area contributed by atoms with Crippen molar-refractivity contribution in [2.45, 2.75) is 35.6 Å². The standard InChI is InChI=1S/C39H46N3O5S/c1-44-34-27-29(28-35(45-2)38(34)46-3)19-21-41-24-22-40(23-25-41)20-11-12-26-47-33-17-9-7-15-31(33)39-42(43)37(30-13-5-4-6-14-30)32-16-8-10-18-36(32)48-39/h4-10,13-18,27-28,37,39H,11-12,19-26H2,1-3H3/q-1. The minimum Gasteiger partial charge on any atom is -0.783 e. The van der Waals surface area contributed by atoms with Crippen LogP contribution in [-0.4, -0.2) is 82.1 Å². The number of fused-ring (bicyclic) bond motifs is 1. The van der Waals surface area contributed by atoms with Crippen LogP contribution in [0.4, 0.5) is 0 Å². The maximum absolute atomic E-state index is 14.0. The number of benzene rings is 4. The van der Waals surface area contributed by atoms with Crippen LogP contribution in [0.2, 0.25) is 0 Å². The normalized spacial score (nSPS) is 18.7. The molecule has 1 fully saturated rings. The Kier molecular flexibility index (Phi) is 11.8. The van der Waals surface area contributed by atoms with Crippen LogP contribution in [0.5, 0.6) is 23.0 Å². The number of nitrogens with zero attached hydrogens (tertiary/aromatic N) is 3. The van der Waals surface area contributed by atoms with E-state index in [0.717, 1.165) is 85.9 Å². The quantitative estimate of drug-likeness (QED) is 0.128. The molecule has 8 nitrogen and oxygen atoms in total. The summed E-state index contributed by atoms with van der Waals surface area (Å²) in [7, 11) is 4.94. The zero-order valence-corrected chi connectivity index (χ0v) is 29.0. The highest BCUT2D eigenvalue weighted by Gasteiger charge is 2.32. The van der Waals surface area contributed by atoms with Gasteiger partial charge in [0.1, 0.15) is 5.75 Å². The summed E-state index contributed by atoms with van der Waals surface area (Å²) in [6.07, 6.45) is 2.96. The third-order valence-electron chi connectivity index (χ3n) is 9.27. The number of ether oxygens (including phenoxy) is 4. The Morgan fingerprint density at radius 3 is 2.00 bits per heavy atom. The van der Waals surface area contributed by atoms with E-state index < -0.39 is 5.37 Å². The van der Waals surface area contributed by atoms with Crippen molar-refractivity contribution in [1.29, 1.82) is 0 Å². The van der Waals surface area contributed by atoms with Crippen molar-refractivity contribution in [1.82, 2.24) is 14.9 Å². The average Bonchev–Trinajstić information content (AvgIpc) is 3.14. The first kappa shape index (κ1) is 34.1. The minimum atomic E-state index is -0.397. The third kappa shape index (κ3) is 7.93. The highest BCUT2D eigenvalue weighted by Crippen LogP contribution is 2.52. The fourth-order valence-electron chi connectivity index (χ4n) is 6.66. The summed E-state index contributed by atoms with van der Waals surface area (Å²) in [5.41, 5.74) is 4.16. The second-order valence-electron chi connectivity index (χ2n) is 12.2. The number of piperazine rings is 1. The summed E-state index contributed by atoms with van der Waals surface area (Å²) in [4.78, 5) is 6.22. The highest BCUT2D eigenvalue weighted by molar-refractivity contribution is 7.99. The van der Waals surface area contributed by atoms with Crippen molar-refractivity contribution in [2.75, 3.05) is 67.2 Å². The van der Waals surface area contributed by atoms with Gasteiger partial charge in [-0.05, 0) is 66.8 Å². The van der Waals surface area contributed by atoms with Gasteiger partial charge in [0.2, 0.25) is 5.75 Å². The molecule has 0 amide bonds. The lowest BCUT2D eigenvalue weighted by Gasteiger charge is -2.48. The van der Waals surface area contributed by atoms with E-state index >= 15 is 0 Å². The van der Waals surface area contributed by atoms with Crippen LogP contribution in [0, 0.1) is 5.21 Å². The van der Waals surface area contributed by atoms with E-state index in [0.29, 0.717) is 23.9 Å². The third-order valence-corrected chi connectivity index (χ3v) is 10.6. The van der Waals surface area contributed by atoms with Crippen LogP contribution < -0.4 is 18.9 Å². The van der Waals surface area contributed by atoms with Gasteiger partial charge in [-0.25, -0.2) is 0 Å². The van der Waals surface area contributed by atoms with E-state index in [1.54, 1.807) is 33.1 Å². The van der Waals surface area contributed by atoms with Gasteiger partial charge >= 0.3 is 0 Å². The van der Waals surface area contributed by atoms with Gasteiger partial charge in [0.25, 0.3) is 0 Å². The molecule has 2 aliphatic heterocycles. The molecule has 2 atom stereocenters. The molecule has 6 rings (SSSR count). The number of thioether (sulfide) groups is 1. The molecule has 2 heterocycles. The van der Waals surface area contributed by atoms with Gasteiger partial charge in [0.05, 0.1) is 39.4 Å². The SMILES string of the molecule is COc1cc(CCN2CCN(CCCCOc3ccccc3C3Sc4ccccc4C(c4ccccc4)N3[O-])CC2)cc(OC)c1OC. The molecule has 254 valence electrons. The van der Waals surface area contributed by atoms with Gasteiger partial charge in [0.15, 0.2) is 11.5 Å². The van der Waals surface area contributed by atoms with Crippen LogP contribution in [0.15, 0.2) is 95.9 Å². The molecule has 0 aliphatic carbocycles. The first-order valence-corrected chi connectivity index (χ1v) is 17.7. The van der Waals surface area contributed by atoms with Crippen molar-refractivity contribution in [3.05, 3.63) is 118 Å². The smallest absolute Gasteiger partial charge is 0.203 e. The number of unbranched alkanes of at least 4 members (excludes halogenated alkanes) is 1. The predicted molar refractivity (Wildman–Crippen MR) is 192 cm³/mol. The molecule has 0 saturated carbocycles. The summed E-state index contributed by atoms with van der Waals surface area (Å²) < 4.78 is 22.9. The number of methoxy groups -OCH3 is 3. The Morgan fingerprint density at radius 1 is 0.688 bits per heavy atom. The number of hydrogen-bond acceptors (Lipinski definition) is 9. The summed E-state index contributed by atoms with van der Waals surface area (Å²) >= 11 is 1.61. The summed E-state index contributed by atoms with van der Waals surface area (Å²) in [5.74, 6) is 2.83. The van der Waals surface area contributed by atoms with Crippen molar-refractivity contribution >= 4 is 11.8 Å². The fraction of sp³-hybridized carbons (Fsp3) is 0.385. The van der Waals surface area contributed by atoms with Crippen LogP contribution >= 0.6 is 11.8 Å². The van der Waals surface area contributed by atoms with Crippen molar-refractivity contribution in [2.24, 2.45) is 0 Å². The highest BCUT2D eigenvalue weighted by atomic mass is 32.2. The van der Waals surface area contributed by atoms with E-state index in [1.807, 2.05) is 78.9 Å². The number of hydrogen-bond donors (Lipinski definition) is 0. The van der Waals surface area contributed by atoms with Crippen LogP contribution in [0.25, 0.3) is 0 Å². The Morgan fingerprint density at radius 2 is 1.31 bits per heavy atom. The lowest BCUT2D eigenvalue weighted by atomic mass is 9.97. The first-order chi connectivity index (χ1) is 23.6. The molecule has 2 unspecified atom stereocenters. The lowest BCUT2D eigenvalue weighted by Crippen LogP contribution is -2.47. The van der Waals surface area contributed by atoms with Gasteiger partial charge in [-0.1, -0.05) is 66.7 Å². The summed E-state index contributed by atoms with van der Waals surface area (Å²) in [6.45, 7) is 6.95. The van der Waals surface area contributed by atoms with Crippen LogP contribution in [0.1, 0.15) is 46.5 Å². The topological polar surface area (TPSA) is 69.7 Å². The van der Waals surface area contributed by atoms with Gasteiger partial charge in [-0.3, -0.25) is 0 Å². The van der Waals surface area contributed by atoms with Gasteiger partial charge < -0.3 is 39.0 Å². The minimum absolute atomic E-state index is 0.364. The Bertz CT molecular complexity index is 1590. The Labute approximate surface area is 289 Å².